The zero-order valence-electron chi connectivity index (χ0n) is 17.1. The van der Waals surface area contributed by atoms with E-state index in [1.165, 1.54) is 12.1 Å². The molecule has 1 heterocycles. The topological polar surface area (TPSA) is 67.8 Å². The minimum Gasteiger partial charge on any atom is -0.459 e. The molecular formula is C24H28FNO4. The van der Waals surface area contributed by atoms with Crippen LogP contribution in [0.2, 0.25) is 0 Å². The number of allylic oxidation sites excluding steroid dienone is 1. The minimum absolute atomic E-state index is 0.00957. The van der Waals surface area contributed by atoms with Crippen LogP contribution in [0.4, 0.5) is 4.39 Å². The fourth-order valence-electron chi connectivity index (χ4n) is 3.38. The Morgan fingerprint density at radius 1 is 1.20 bits per heavy atom. The van der Waals surface area contributed by atoms with E-state index in [1.54, 1.807) is 12.1 Å². The van der Waals surface area contributed by atoms with Crippen LogP contribution in [-0.2, 0) is 14.3 Å². The van der Waals surface area contributed by atoms with Crippen LogP contribution in [0.25, 0.3) is 0 Å². The van der Waals surface area contributed by atoms with E-state index >= 15 is 0 Å². The third-order valence-electron chi connectivity index (χ3n) is 5.08. The SMILES string of the molecule is C[C@H](NC(=O)C1=C[C@@H](c2ccccc2)C[C@@H](OCCCCO)O1)c1ccc(F)cc1. The van der Waals surface area contributed by atoms with E-state index in [4.69, 9.17) is 14.6 Å². The Balaban J connectivity index is 1.71. The fourth-order valence-corrected chi connectivity index (χ4v) is 3.38. The Bertz CT molecular complexity index is 838. The van der Waals surface area contributed by atoms with Gasteiger partial charge in [0.1, 0.15) is 5.82 Å². The Morgan fingerprint density at radius 3 is 2.63 bits per heavy atom. The highest BCUT2D eigenvalue weighted by Crippen LogP contribution is 2.31. The molecule has 0 aliphatic carbocycles. The van der Waals surface area contributed by atoms with E-state index in [0.29, 0.717) is 19.4 Å². The first-order valence-corrected chi connectivity index (χ1v) is 10.3. The summed E-state index contributed by atoms with van der Waals surface area (Å²) in [5, 5.41) is 11.8. The number of hydrogen-bond donors (Lipinski definition) is 2. The minimum atomic E-state index is -0.541. The van der Waals surface area contributed by atoms with Gasteiger partial charge < -0.3 is 19.9 Å². The molecule has 2 aromatic carbocycles. The molecule has 0 aromatic heterocycles. The molecule has 0 unspecified atom stereocenters. The average molecular weight is 413 g/mol. The lowest BCUT2D eigenvalue weighted by Gasteiger charge is -2.30. The second kappa shape index (κ2) is 10.9. The van der Waals surface area contributed by atoms with Gasteiger partial charge in [0.2, 0.25) is 6.29 Å². The van der Waals surface area contributed by atoms with Gasteiger partial charge in [0.15, 0.2) is 5.76 Å². The van der Waals surface area contributed by atoms with Crippen LogP contribution >= 0.6 is 0 Å². The number of benzene rings is 2. The number of rotatable bonds is 9. The van der Waals surface area contributed by atoms with E-state index in [1.807, 2.05) is 43.3 Å². The number of hydrogen-bond acceptors (Lipinski definition) is 4. The van der Waals surface area contributed by atoms with Crippen molar-refractivity contribution in [2.75, 3.05) is 13.2 Å². The molecule has 0 radical (unpaired) electrons. The Kier molecular flexibility index (Phi) is 7.99. The van der Waals surface area contributed by atoms with Crippen LogP contribution in [0, 0.1) is 5.82 Å². The molecule has 160 valence electrons. The lowest BCUT2D eigenvalue weighted by Crippen LogP contribution is -2.34. The van der Waals surface area contributed by atoms with Crippen molar-refractivity contribution in [1.82, 2.24) is 5.32 Å². The van der Waals surface area contributed by atoms with Crippen molar-refractivity contribution in [3.8, 4) is 0 Å². The van der Waals surface area contributed by atoms with Gasteiger partial charge in [-0.15, -0.1) is 0 Å². The lowest BCUT2D eigenvalue weighted by atomic mass is 9.93. The molecule has 1 aliphatic rings. The van der Waals surface area contributed by atoms with Gasteiger partial charge >= 0.3 is 0 Å². The van der Waals surface area contributed by atoms with Crippen molar-refractivity contribution in [2.45, 2.75) is 44.4 Å². The van der Waals surface area contributed by atoms with Crippen LogP contribution in [0.5, 0.6) is 0 Å². The smallest absolute Gasteiger partial charge is 0.286 e. The first-order valence-electron chi connectivity index (χ1n) is 10.3. The zero-order chi connectivity index (χ0) is 21.3. The Hall–Kier alpha value is -2.70. The van der Waals surface area contributed by atoms with Gasteiger partial charge in [0.05, 0.1) is 12.6 Å². The van der Waals surface area contributed by atoms with Gasteiger partial charge in [0, 0.05) is 18.9 Å². The molecule has 0 spiro atoms. The highest BCUT2D eigenvalue weighted by Gasteiger charge is 2.29. The van der Waals surface area contributed by atoms with Crippen molar-refractivity contribution in [1.29, 1.82) is 0 Å². The third-order valence-corrected chi connectivity index (χ3v) is 5.08. The summed E-state index contributed by atoms with van der Waals surface area (Å²) in [5.74, 6) is -0.445. The highest BCUT2D eigenvalue weighted by atomic mass is 19.1. The summed E-state index contributed by atoms with van der Waals surface area (Å²) in [6, 6.07) is 15.7. The highest BCUT2D eigenvalue weighted by molar-refractivity contribution is 5.92. The van der Waals surface area contributed by atoms with E-state index in [9.17, 15) is 9.18 Å². The van der Waals surface area contributed by atoms with Crippen molar-refractivity contribution in [2.24, 2.45) is 0 Å². The van der Waals surface area contributed by atoms with Gasteiger partial charge in [-0.2, -0.15) is 0 Å². The first-order chi connectivity index (χ1) is 14.6. The van der Waals surface area contributed by atoms with Crippen LogP contribution < -0.4 is 5.32 Å². The molecule has 0 saturated carbocycles. The largest absolute Gasteiger partial charge is 0.459 e. The molecule has 0 saturated heterocycles. The number of carbonyl (C=O) groups is 1. The second-order valence-electron chi connectivity index (χ2n) is 7.38. The number of halogens is 1. The molecule has 0 bridgehead atoms. The maximum Gasteiger partial charge on any atom is 0.286 e. The van der Waals surface area contributed by atoms with E-state index in [-0.39, 0.29) is 36.1 Å². The molecule has 1 aliphatic heterocycles. The zero-order valence-corrected chi connectivity index (χ0v) is 17.1. The molecule has 5 nitrogen and oxygen atoms in total. The first kappa shape index (κ1) is 22.0. The molecule has 0 fully saturated rings. The van der Waals surface area contributed by atoms with Gasteiger partial charge in [-0.05, 0) is 49.1 Å². The van der Waals surface area contributed by atoms with E-state index in [0.717, 1.165) is 17.5 Å². The summed E-state index contributed by atoms with van der Waals surface area (Å²) in [4.78, 5) is 12.9. The number of nitrogens with one attached hydrogen (secondary N) is 1. The Labute approximate surface area is 176 Å². The monoisotopic (exact) mass is 413 g/mol. The predicted octanol–water partition coefficient (Wildman–Crippen LogP) is 4.21. The fraction of sp³-hybridized carbons (Fsp3) is 0.375. The molecule has 2 N–H and O–H groups in total. The van der Waals surface area contributed by atoms with Gasteiger partial charge in [-0.25, -0.2) is 4.39 Å². The summed E-state index contributed by atoms with van der Waals surface area (Å²) in [6.45, 7) is 2.41. The normalized spacial score (nSPS) is 19.5. The van der Waals surface area contributed by atoms with Crippen LogP contribution in [0.1, 0.15) is 49.3 Å². The van der Waals surface area contributed by atoms with E-state index < -0.39 is 6.29 Å². The van der Waals surface area contributed by atoms with Crippen molar-refractivity contribution in [3.05, 3.63) is 83.4 Å². The third kappa shape index (κ3) is 6.15. The number of carbonyl (C=O) groups excluding carboxylic acids is 1. The van der Waals surface area contributed by atoms with Crippen molar-refractivity contribution < 1.29 is 23.8 Å². The number of aliphatic hydroxyl groups is 1. The molecular weight excluding hydrogens is 385 g/mol. The van der Waals surface area contributed by atoms with Crippen molar-refractivity contribution in [3.63, 3.8) is 0 Å². The maximum absolute atomic E-state index is 13.2. The summed E-state index contributed by atoms with van der Waals surface area (Å²) < 4.78 is 24.8. The van der Waals surface area contributed by atoms with Gasteiger partial charge in [-0.1, -0.05) is 42.5 Å². The van der Waals surface area contributed by atoms with Gasteiger partial charge in [-0.3, -0.25) is 4.79 Å². The quantitative estimate of drug-likeness (QED) is 0.605. The standard InChI is InChI=1S/C24H28FNO4/c1-17(18-9-11-21(25)12-10-18)26-24(28)22-15-20(19-7-3-2-4-8-19)16-23(30-22)29-14-6-5-13-27/h2-4,7-12,15,17,20,23,27H,5-6,13-14,16H2,1H3,(H,26,28)/t17-,20+,23-/m0/s1. The number of ether oxygens (including phenoxy) is 2. The van der Waals surface area contributed by atoms with Gasteiger partial charge in [0.25, 0.3) is 5.91 Å². The molecule has 1 amide bonds. The summed E-state index contributed by atoms with van der Waals surface area (Å²) >= 11 is 0. The molecule has 30 heavy (non-hydrogen) atoms. The Morgan fingerprint density at radius 2 is 1.93 bits per heavy atom. The molecule has 2 aromatic rings. The molecule has 3 rings (SSSR count). The lowest BCUT2D eigenvalue weighted by molar-refractivity contribution is -0.146. The maximum atomic E-state index is 13.2. The predicted molar refractivity (Wildman–Crippen MR) is 112 cm³/mol. The van der Waals surface area contributed by atoms with Crippen LogP contribution in [0.15, 0.2) is 66.4 Å². The molecule has 6 heteroatoms. The summed E-state index contributed by atoms with van der Waals surface area (Å²) in [5.41, 5.74) is 1.89. The second-order valence-corrected chi connectivity index (χ2v) is 7.38. The van der Waals surface area contributed by atoms with Crippen LogP contribution in [-0.4, -0.2) is 30.5 Å². The van der Waals surface area contributed by atoms with Crippen LogP contribution in [0.3, 0.4) is 0 Å². The number of aliphatic hydroxyl groups excluding tert-OH is 1. The van der Waals surface area contributed by atoms with Crippen molar-refractivity contribution >= 4 is 5.91 Å². The average Bonchev–Trinajstić information content (AvgIpc) is 2.77. The number of unbranched alkanes of at least 4 members (excludes halogenated alkanes) is 1. The molecule has 3 atom stereocenters. The summed E-state index contributed by atoms with van der Waals surface area (Å²) in [6.07, 6.45) is 3.27. The van der Waals surface area contributed by atoms with E-state index in [2.05, 4.69) is 5.32 Å². The summed E-state index contributed by atoms with van der Waals surface area (Å²) in [7, 11) is 0. The number of amides is 1.